The van der Waals surface area contributed by atoms with Crippen molar-refractivity contribution in [3.63, 3.8) is 0 Å². The second-order valence-electron chi connectivity index (χ2n) is 6.36. The maximum absolute atomic E-state index is 12.8. The molecule has 0 radical (unpaired) electrons. The Morgan fingerprint density at radius 2 is 2.06 bits per heavy atom. The molecule has 1 aliphatic rings. The van der Waals surface area contributed by atoms with E-state index in [9.17, 15) is 32.1 Å². The summed E-state index contributed by atoms with van der Waals surface area (Å²) in [6, 6.07) is -3.59. The van der Waals surface area contributed by atoms with Crippen LogP contribution in [0.4, 0.5) is 5.13 Å². The number of ether oxygens (including phenoxy) is 1. The normalized spacial score (nSPS) is 17.8. The Hall–Kier alpha value is -1.82. The van der Waals surface area contributed by atoms with Crippen molar-refractivity contribution in [2.75, 3.05) is 24.9 Å². The molecule has 1 fully saturated rings. The number of halogens is 1. The third kappa shape index (κ3) is 7.34. The van der Waals surface area contributed by atoms with E-state index in [1.165, 1.54) is 5.38 Å². The van der Waals surface area contributed by atoms with E-state index in [2.05, 4.69) is 25.5 Å². The van der Waals surface area contributed by atoms with Gasteiger partial charge in [0.05, 0.1) is 7.11 Å². The summed E-state index contributed by atoms with van der Waals surface area (Å²) in [5.41, 5.74) is -0.470. The first-order chi connectivity index (χ1) is 15.5. The molecule has 182 valence electrons. The quantitative estimate of drug-likeness (QED) is 0.0404. The Morgan fingerprint density at radius 3 is 2.62 bits per heavy atom. The van der Waals surface area contributed by atoms with Gasteiger partial charge >= 0.3 is 35.5 Å². The van der Waals surface area contributed by atoms with Gasteiger partial charge < -0.3 is 24.8 Å². The maximum atomic E-state index is 12.8. The number of nitrogens with one attached hydrogen (secondary N) is 2. The standard InChI is InChI=1S/C16H20ClN5O9S2.Na/c1-3-4-5-31-21-10(8-7-32-16(18-8)19-9(23)6-17)13(24)20-11-12(15(26)30-2)22(14(11)25)33(27,28)29;/h7,11-12H,3-6H2,1-2H3,(H,20,24)(H,18,19,23)(H,27,28,29);/q;+1/p-1. The number of methoxy groups -OCH3 is 1. The van der Waals surface area contributed by atoms with Crippen LogP contribution < -0.4 is 40.2 Å². The number of rotatable bonds is 11. The monoisotopic (exact) mass is 547 g/mol. The minimum atomic E-state index is -5.33. The number of nitrogens with zero attached hydrogens (tertiary/aromatic N) is 3. The Morgan fingerprint density at radius 1 is 1.38 bits per heavy atom. The number of amides is 3. The molecule has 3 amide bonds. The summed E-state index contributed by atoms with van der Waals surface area (Å²) in [7, 11) is -4.41. The van der Waals surface area contributed by atoms with E-state index in [0.717, 1.165) is 24.9 Å². The van der Waals surface area contributed by atoms with Crippen molar-refractivity contribution in [2.45, 2.75) is 31.8 Å². The van der Waals surface area contributed by atoms with Crippen LogP contribution in [-0.2, 0) is 39.1 Å². The van der Waals surface area contributed by atoms with Crippen LogP contribution in [0, 0.1) is 0 Å². The number of alkyl halides is 1. The van der Waals surface area contributed by atoms with Crippen LogP contribution >= 0.6 is 22.9 Å². The zero-order valence-electron chi connectivity index (χ0n) is 18.3. The molecule has 1 aromatic rings. The van der Waals surface area contributed by atoms with Crippen LogP contribution in [0.1, 0.15) is 25.5 Å². The predicted molar refractivity (Wildman–Crippen MR) is 113 cm³/mol. The number of unbranched alkanes of at least 4 members (excludes halogenated alkanes) is 1. The predicted octanol–water partition coefficient (Wildman–Crippen LogP) is -3.83. The van der Waals surface area contributed by atoms with Crippen LogP contribution in [0.5, 0.6) is 0 Å². The van der Waals surface area contributed by atoms with Gasteiger partial charge in [-0.25, -0.2) is 22.5 Å². The summed E-state index contributed by atoms with van der Waals surface area (Å²) in [6.07, 6.45) is 1.40. The summed E-state index contributed by atoms with van der Waals surface area (Å²) in [4.78, 5) is 57.5. The number of hydrogen-bond donors (Lipinski definition) is 2. The summed E-state index contributed by atoms with van der Waals surface area (Å²) in [5.74, 6) is -4.47. The van der Waals surface area contributed by atoms with Gasteiger partial charge in [-0.05, 0) is 6.42 Å². The summed E-state index contributed by atoms with van der Waals surface area (Å²) in [5, 5.41) is 9.72. The summed E-state index contributed by atoms with van der Waals surface area (Å²) < 4.78 is 38.1. The number of carbonyl (C=O) groups excluding carboxylic acids is 4. The molecule has 0 saturated carbocycles. The largest absolute Gasteiger partial charge is 1.00 e. The Labute approximate surface area is 225 Å². The Kier molecular flexibility index (Phi) is 11.8. The average Bonchev–Trinajstić information content (AvgIpc) is 3.21. The fourth-order valence-corrected chi connectivity index (χ4v) is 4.13. The number of esters is 1. The SMILES string of the molecule is CCCCON=C(C(=O)NC1C(=O)N(S(=O)(=O)[O-])C1C(=O)OC)c1csc(NC(=O)CCl)n1.[Na+]. The van der Waals surface area contributed by atoms with Crippen molar-refractivity contribution in [3.05, 3.63) is 11.1 Å². The second-order valence-corrected chi connectivity index (χ2v) is 8.73. The van der Waals surface area contributed by atoms with Crippen molar-refractivity contribution < 1.29 is 71.3 Å². The Balaban J connectivity index is 0.00000578. The second kappa shape index (κ2) is 13.3. The van der Waals surface area contributed by atoms with Crippen molar-refractivity contribution in [2.24, 2.45) is 5.16 Å². The number of anilines is 1. The fraction of sp³-hybridized carbons (Fsp3) is 0.500. The summed E-state index contributed by atoms with van der Waals surface area (Å²) in [6.45, 7) is 2.06. The van der Waals surface area contributed by atoms with Gasteiger partial charge in [0.2, 0.25) is 5.91 Å². The molecule has 1 aliphatic heterocycles. The van der Waals surface area contributed by atoms with Crippen LogP contribution in [0.15, 0.2) is 10.5 Å². The van der Waals surface area contributed by atoms with E-state index in [1.807, 2.05) is 6.92 Å². The van der Waals surface area contributed by atoms with E-state index < -0.39 is 51.8 Å². The molecular formula is C16H19ClN5NaO9S2. The Bertz CT molecular complexity index is 1070. The van der Waals surface area contributed by atoms with Crippen molar-refractivity contribution in [1.82, 2.24) is 14.6 Å². The molecule has 2 N–H and O–H groups in total. The van der Waals surface area contributed by atoms with Gasteiger partial charge in [-0.3, -0.25) is 14.4 Å². The number of oxime groups is 1. The topological polar surface area (TPSA) is 196 Å². The minimum absolute atomic E-state index is 0. The first kappa shape index (κ1) is 30.2. The maximum Gasteiger partial charge on any atom is 1.00 e. The van der Waals surface area contributed by atoms with Crippen LogP contribution in [0.3, 0.4) is 0 Å². The van der Waals surface area contributed by atoms with E-state index in [1.54, 1.807) is 0 Å². The first-order valence-electron chi connectivity index (χ1n) is 9.24. The van der Waals surface area contributed by atoms with E-state index in [-0.39, 0.29) is 57.2 Å². The molecule has 0 aromatic carbocycles. The summed E-state index contributed by atoms with van der Waals surface area (Å²) >= 11 is 6.37. The number of hydrogen-bond acceptors (Lipinski definition) is 12. The fourth-order valence-electron chi connectivity index (χ4n) is 2.53. The van der Waals surface area contributed by atoms with Crippen LogP contribution in [0.2, 0.25) is 0 Å². The third-order valence-corrected chi connectivity index (χ3v) is 5.99. The molecule has 1 aromatic heterocycles. The van der Waals surface area contributed by atoms with Crippen molar-refractivity contribution in [3.8, 4) is 0 Å². The molecule has 2 rings (SSSR count). The molecule has 1 saturated heterocycles. The zero-order chi connectivity index (χ0) is 24.8. The smallest absolute Gasteiger partial charge is 0.731 e. The molecule has 2 heterocycles. The van der Waals surface area contributed by atoms with Gasteiger partial charge in [-0.2, -0.15) is 0 Å². The van der Waals surface area contributed by atoms with Gasteiger partial charge in [0.1, 0.15) is 24.2 Å². The number of carbonyl (C=O) groups is 4. The third-order valence-electron chi connectivity index (χ3n) is 4.10. The average molecular weight is 548 g/mol. The molecule has 34 heavy (non-hydrogen) atoms. The van der Waals surface area contributed by atoms with Crippen LogP contribution in [0.25, 0.3) is 0 Å². The van der Waals surface area contributed by atoms with Gasteiger partial charge in [0, 0.05) is 5.38 Å². The molecule has 0 aliphatic carbocycles. The molecular weight excluding hydrogens is 529 g/mol. The van der Waals surface area contributed by atoms with Gasteiger partial charge in [0.15, 0.2) is 27.2 Å². The number of β-lactam (4-membered cyclic amide) rings is 1. The van der Waals surface area contributed by atoms with Gasteiger partial charge in [-0.15, -0.1) is 22.9 Å². The zero-order valence-corrected chi connectivity index (χ0v) is 22.7. The van der Waals surface area contributed by atoms with Crippen LogP contribution in [-0.4, -0.2) is 83.3 Å². The molecule has 18 heteroatoms. The van der Waals surface area contributed by atoms with E-state index in [4.69, 9.17) is 16.4 Å². The molecule has 0 bridgehead atoms. The van der Waals surface area contributed by atoms with Crippen molar-refractivity contribution >= 4 is 67.8 Å². The molecule has 0 spiro atoms. The van der Waals surface area contributed by atoms with E-state index >= 15 is 0 Å². The molecule has 2 unspecified atom stereocenters. The first-order valence-corrected chi connectivity index (χ1v) is 12.0. The van der Waals surface area contributed by atoms with Gasteiger partial charge in [0.25, 0.3) is 11.8 Å². The molecule has 2 atom stereocenters. The van der Waals surface area contributed by atoms with Gasteiger partial charge in [-0.1, -0.05) is 18.5 Å². The minimum Gasteiger partial charge on any atom is -0.731 e. The molecule has 14 nitrogen and oxygen atoms in total. The number of aromatic nitrogens is 1. The van der Waals surface area contributed by atoms with E-state index in [0.29, 0.717) is 6.42 Å². The number of thiazole rings is 1. The van der Waals surface area contributed by atoms with Crippen molar-refractivity contribution in [1.29, 1.82) is 0 Å².